The summed E-state index contributed by atoms with van der Waals surface area (Å²) < 4.78 is 0. The number of halogens is 1. The van der Waals surface area contributed by atoms with Gasteiger partial charge in [-0.3, -0.25) is 4.79 Å². The van der Waals surface area contributed by atoms with Crippen LogP contribution in [0.1, 0.15) is 27.9 Å². The van der Waals surface area contributed by atoms with Crippen molar-refractivity contribution in [2.75, 3.05) is 13.1 Å². The van der Waals surface area contributed by atoms with E-state index in [0.717, 1.165) is 13.0 Å². The molecule has 0 saturated carbocycles. The van der Waals surface area contributed by atoms with Gasteiger partial charge in [-0.15, -0.1) is 0 Å². The van der Waals surface area contributed by atoms with Crippen LogP contribution in [0.2, 0.25) is 5.02 Å². The molecular weight excluding hydrogens is 332 g/mol. The quantitative estimate of drug-likeness (QED) is 0.689. The van der Waals surface area contributed by atoms with E-state index >= 15 is 0 Å². The highest BCUT2D eigenvalue weighted by atomic mass is 35.5. The molecule has 1 aliphatic heterocycles. The first-order valence-electron chi connectivity index (χ1n) is 8.44. The van der Waals surface area contributed by atoms with Crippen LogP contribution in [0.15, 0.2) is 54.7 Å². The lowest BCUT2D eigenvalue weighted by Gasteiger charge is -2.26. The van der Waals surface area contributed by atoms with E-state index in [9.17, 15) is 4.79 Å². The van der Waals surface area contributed by atoms with Crippen molar-refractivity contribution in [1.82, 2.24) is 9.88 Å². The molecule has 1 amide bonds. The summed E-state index contributed by atoms with van der Waals surface area (Å²) in [6, 6.07) is 13.5. The predicted molar refractivity (Wildman–Crippen MR) is 103 cm³/mol. The number of aryl methyl sites for hydroxylation is 1. The van der Waals surface area contributed by atoms with Crippen molar-refractivity contribution < 1.29 is 4.79 Å². The summed E-state index contributed by atoms with van der Waals surface area (Å²) in [7, 11) is 0. The Kier molecular flexibility index (Phi) is 4.10. The van der Waals surface area contributed by atoms with Crippen LogP contribution in [0, 0.1) is 6.92 Å². The molecular formula is C21H19ClN2O. The van der Waals surface area contributed by atoms with E-state index in [2.05, 4.69) is 42.4 Å². The van der Waals surface area contributed by atoms with E-state index in [4.69, 9.17) is 11.6 Å². The number of aromatic nitrogens is 1. The minimum atomic E-state index is 0.0348. The smallest absolute Gasteiger partial charge is 0.254 e. The molecule has 2 aromatic carbocycles. The Hall–Kier alpha value is -2.52. The van der Waals surface area contributed by atoms with Crippen LogP contribution in [0.3, 0.4) is 0 Å². The van der Waals surface area contributed by atoms with Crippen molar-refractivity contribution in [3.05, 3.63) is 76.5 Å². The van der Waals surface area contributed by atoms with Gasteiger partial charge in [0, 0.05) is 46.3 Å². The average molecular weight is 351 g/mol. The maximum atomic E-state index is 12.6. The van der Waals surface area contributed by atoms with Crippen LogP contribution in [0.25, 0.3) is 16.5 Å². The first-order valence-corrected chi connectivity index (χ1v) is 8.82. The molecule has 4 rings (SSSR count). The van der Waals surface area contributed by atoms with Gasteiger partial charge in [-0.1, -0.05) is 41.9 Å². The molecule has 0 unspecified atom stereocenters. The number of carbonyl (C=O) groups excluding carboxylic acids is 1. The highest BCUT2D eigenvalue weighted by Crippen LogP contribution is 2.30. The van der Waals surface area contributed by atoms with Crippen LogP contribution in [0.5, 0.6) is 0 Å². The minimum absolute atomic E-state index is 0.0348. The third-order valence-electron chi connectivity index (χ3n) is 4.84. The normalized spacial score (nSPS) is 14.6. The Morgan fingerprint density at radius 2 is 2.04 bits per heavy atom. The Labute approximate surface area is 151 Å². The van der Waals surface area contributed by atoms with Gasteiger partial charge in [0.25, 0.3) is 5.91 Å². The van der Waals surface area contributed by atoms with Crippen molar-refractivity contribution in [2.24, 2.45) is 0 Å². The van der Waals surface area contributed by atoms with E-state index in [1.54, 1.807) is 12.1 Å². The molecule has 2 heterocycles. The summed E-state index contributed by atoms with van der Waals surface area (Å²) in [6.45, 7) is 3.46. The first-order chi connectivity index (χ1) is 12.1. The first kappa shape index (κ1) is 16.0. The molecule has 126 valence electrons. The SMILES string of the molecule is Cc1cccc2c(C3=CCN(C(=O)c4cccc(Cl)c4)CC3)c[nH]c12. The number of H-pyrrole nitrogens is 1. The molecule has 0 saturated heterocycles. The van der Waals surface area contributed by atoms with E-state index in [1.165, 1.54) is 27.6 Å². The lowest BCUT2D eigenvalue weighted by Crippen LogP contribution is -2.34. The molecule has 0 spiro atoms. The summed E-state index contributed by atoms with van der Waals surface area (Å²) in [4.78, 5) is 17.9. The van der Waals surface area contributed by atoms with Crippen LogP contribution in [-0.4, -0.2) is 28.9 Å². The second kappa shape index (κ2) is 6.41. The monoisotopic (exact) mass is 350 g/mol. The Morgan fingerprint density at radius 3 is 2.80 bits per heavy atom. The van der Waals surface area contributed by atoms with E-state index < -0.39 is 0 Å². The zero-order chi connectivity index (χ0) is 17.4. The topological polar surface area (TPSA) is 36.1 Å². The number of nitrogens with one attached hydrogen (secondary N) is 1. The zero-order valence-corrected chi connectivity index (χ0v) is 14.8. The largest absolute Gasteiger partial charge is 0.360 e. The van der Waals surface area contributed by atoms with Gasteiger partial charge in [0.2, 0.25) is 0 Å². The van der Waals surface area contributed by atoms with Crippen LogP contribution < -0.4 is 0 Å². The number of para-hydroxylation sites is 1. The molecule has 0 radical (unpaired) electrons. The maximum absolute atomic E-state index is 12.6. The molecule has 1 aromatic heterocycles. The fourth-order valence-electron chi connectivity index (χ4n) is 3.47. The highest BCUT2D eigenvalue weighted by molar-refractivity contribution is 6.30. The van der Waals surface area contributed by atoms with E-state index in [-0.39, 0.29) is 5.91 Å². The van der Waals surface area contributed by atoms with Gasteiger partial charge in [-0.25, -0.2) is 0 Å². The van der Waals surface area contributed by atoms with Gasteiger partial charge in [0.15, 0.2) is 0 Å². The number of fused-ring (bicyclic) bond motifs is 1. The average Bonchev–Trinajstić information content (AvgIpc) is 3.07. The number of amides is 1. The van der Waals surface area contributed by atoms with Crippen molar-refractivity contribution in [3.8, 4) is 0 Å². The maximum Gasteiger partial charge on any atom is 0.254 e. The summed E-state index contributed by atoms with van der Waals surface area (Å²) >= 11 is 6.00. The lowest BCUT2D eigenvalue weighted by atomic mass is 9.98. The molecule has 25 heavy (non-hydrogen) atoms. The van der Waals surface area contributed by atoms with Crippen molar-refractivity contribution in [3.63, 3.8) is 0 Å². The van der Waals surface area contributed by atoms with Crippen molar-refractivity contribution >= 4 is 34.0 Å². The molecule has 3 nitrogen and oxygen atoms in total. The number of aromatic amines is 1. The van der Waals surface area contributed by atoms with E-state index in [1.807, 2.05) is 17.0 Å². The Bertz CT molecular complexity index is 986. The summed E-state index contributed by atoms with van der Waals surface area (Å²) in [5, 5.41) is 1.84. The van der Waals surface area contributed by atoms with Gasteiger partial charge >= 0.3 is 0 Å². The molecule has 4 heteroatoms. The van der Waals surface area contributed by atoms with Gasteiger partial charge < -0.3 is 9.88 Å². The Morgan fingerprint density at radius 1 is 1.20 bits per heavy atom. The minimum Gasteiger partial charge on any atom is -0.360 e. The second-order valence-corrected chi connectivity index (χ2v) is 6.88. The second-order valence-electron chi connectivity index (χ2n) is 6.44. The summed E-state index contributed by atoms with van der Waals surface area (Å²) in [6.07, 6.45) is 5.10. The fraction of sp³-hybridized carbons (Fsp3) is 0.190. The standard InChI is InChI=1S/C21H19ClN2O/c1-14-4-2-7-18-19(13-23-20(14)18)15-8-10-24(11-9-15)21(25)16-5-3-6-17(22)12-16/h2-8,12-13,23H,9-11H2,1H3. The lowest BCUT2D eigenvalue weighted by molar-refractivity contribution is 0.0773. The van der Waals surface area contributed by atoms with Crippen LogP contribution in [-0.2, 0) is 0 Å². The molecule has 0 fully saturated rings. The fourth-order valence-corrected chi connectivity index (χ4v) is 3.66. The highest BCUT2D eigenvalue weighted by Gasteiger charge is 2.20. The van der Waals surface area contributed by atoms with E-state index in [0.29, 0.717) is 17.1 Å². The number of rotatable bonds is 2. The van der Waals surface area contributed by atoms with Crippen molar-refractivity contribution in [1.29, 1.82) is 0 Å². The number of nitrogens with zero attached hydrogens (tertiary/aromatic N) is 1. The van der Waals surface area contributed by atoms with Gasteiger partial charge in [0.1, 0.15) is 0 Å². The number of hydrogen-bond acceptors (Lipinski definition) is 1. The summed E-state index contributed by atoms with van der Waals surface area (Å²) in [5.74, 6) is 0.0348. The zero-order valence-electron chi connectivity index (χ0n) is 14.1. The molecule has 0 atom stereocenters. The summed E-state index contributed by atoms with van der Waals surface area (Å²) in [5.41, 5.74) is 5.63. The van der Waals surface area contributed by atoms with Gasteiger partial charge in [-0.05, 0) is 42.7 Å². The van der Waals surface area contributed by atoms with Gasteiger partial charge in [0.05, 0.1) is 0 Å². The third-order valence-corrected chi connectivity index (χ3v) is 5.07. The third kappa shape index (κ3) is 2.96. The van der Waals surface area contributed by atoms with Crippen LogP contribution in [0.4, 0.5) is 0 Å². The predicted octanol–water partition coefficient (Wildman–Crippen LogP) is 5.06. The van der Waals surface area contributed by atoms with Crippen molar-refractivity contribution in [2.45, 2.75) is 13.3 Å². The molecule has 3 aromatic rings. The molecule has 0 aliphatic carbocycles. The number of carbonyl (C=O) groups is 1. The molecule has 1 aliphatic rings. The van der Waals surface area contributed by atoms with Crippen LogP contribution >= 0.6 is 11.6 Å². The molecule has 0 bridgehead atoms. The van der Waals surface area contributed by atoms with Gasteiger partial charge in [-0.2, -0.15) is 0 Å². The Balaban J connectivity index is 1.58. The number of benzene rings is 2. The molecule has 1 N–H and O–H groups in total. The number of hydrogen-bond donors (Lipinski definition) is 1.